The lowest BCUT2D eigenvalue weighted by atomic mass is 9.91. The van der Waals surface area contributed by atoms with Crippen LogP contribution < -0.4 is 0 Å². The summed E-state index contributed by atoms with van der Waals surface area (Å²) < 4.78 is 4.72. The van der Waals surface area contributed by atoms with Crippen LogP contribution in [0.5, 0.6) is 0 Å². The summed E-state index contributed by atoms with van der Waals surface area (Å²) in [6.45, 7) is 0. The van der Waals surface area contributed by atoms with Crippen LogP contribution in [0.25, 0.3) is 21.5 Å². The third kappa shape index (κ3) is 1.49. The molecule has 0 fully saturated rings. The highest BCUT2D eigenvalue weighted by Crippen LogP contribution is 2.38. The fraction of sp³-hybridized carbons (Fsp3) is 0. The fourth-order valence-electron chi connectivity index (χ4n) is 2.91. The van der Waals surface area contributed by atoms with Crippen molar-refractivity contribution in [3.63, 3.8) is 0 Å². The summed E-state index contributed by atoms with van der Waals surface area (Å²) in [5.74, 6) is -1.76. The fourth-order valence-corrected chi connectivity index (χ4v) is 2.91. The van der Waals surface area contributed by atoms with Crippen LogP contribution in [0.4, 0.5) is 5.69 Å². The van der Waals surface area contributed by atoms with Gasteiger partial charge in [-0.15, -0.1) is 0 Å². The van der Waals surface area contributed by atoms with Gasteiger partial charge in [-0.05, 0) is 28.3 Å². The number of nitrogens with zero attached hydrogens (tertiary/aromatic N) is 1. The molecule has 0 saturated heterocycles. The average Bonchev–Trinajstić information content (AvgIpc) is 2.50. The number of esters is 2. The Morgan fingerprint density at radius 1 is 0.909 bits per heavy atom. The number of nitro benzene ring substituents is 1. The smallest absolute Gasteiger partial charge is 0.353 e. The zero-order valence-electron chi connectivity index (χ0n) is 11.0. The minimum atomic E-state index is -0.981. The van der Waals surface area contributed by atoms with Crippen molar-refractivity contribution in [2.75, 3.05) is 0 Å². The number of fused-ring (bicyclic) bond motifs is 2. The standard InChI is InChI=1S/C16H7NO5/c18-15-13-10-4-2-1-3-8(10)7-9-5-6-11(17(20)21)14(12(9)13)16(19)22-15/h1-7H. The molecule has 3 aromatic carbocycles. The monoisotopic (exact) mass is 293 g/mol. The second kappa shape index (κ2) is 4.11. The predicted octanol–water partition coefficient (Wildman–Crippen LogP) is 3.21. The molecule has 6 nitrogen and oxygen atoms in total. The first-order valence-electron chi connectivity index (χ1n) is 6.47. The maximum atomic E-state index is 12.2. The van der Waals surface area contributed by atoms with E-state index >= 15 is 0 Å². The van der Waals surface area contributed by atoms with Crippen LogP contribution in [0.1, 0.15) is 20.7 Å². The lowest BCUT2D eigenvalue weighted by molar-refractivity contribution is -0.385. The summed E-state index contributed by atoms with van der Waals surface area (Å²) in [5.41, 5.74) is -0.323. The Labute approximate surface area is 123 Å². The molecule has 0 aromatic heterocycles. The topological polar surface area (TPSA) is 86.5 Å². The summed E-state index contributed by atoms with van der Waals surface area (Å²) >= 11 is 0. The predicted molar refractivity (Wildman–Crippen MR) is 77.9 cm³/mol. The SMILES string of the molecule is O=C1OC(=O)c2c3ccccc3cc3ccc([N+](=O)[O-])c1c23. The molecule has 0 N–H and O–H groups in total. The van der Waals surface area contributed by atoms with Gasteiger partial charge in [0.25, 0.3) is 5.69 Å². The summed E-state index contributed by atoms with van der Waals surface area (Å²) in [4.78, 5) is 34.7. The van der Waals surface area contributed by atoms with Gasteiger partial charge >= 0.3 is 11.9 Å². The first-order chi connectivity index (χ1) is 10.6. The van der Waals surface area contributed by atoms with Gasteiger partial charge in [-0.2, -0.15) is 0 Å². The van der Waals surface area contributed by atoms with Crippen molar-refractivity contribution in [3.8, 4) is 0 Å². The lowest BCUT2D eigenvalue weighted by Gasteiger charge is -2.17. The Morgan fingerprint density at radius 3 is 2.41 bits per heavy atom. The molecule has 22 heavy (non-hydrogen) atoms. The second-order valence-electron chi connectivity index (χ2n) is 4.96. The molecule has 0 spiro atoms. The highest BCUT2D eigenvalue weighted by Gasteiger charge is 2.35. The molecule has 0 aliphatic carbocycles. The first-order valence-corrected chi connectivity index (χ1v) is 6.47. The van der Waals surface area contributed by atoms with Crippen LogP contribution in [0, 0.1) is 10.1 Å². The summed E-state index contributed by atoms with van der Waals surface area (Å²) in [6.07, 6.45) is 0. The van der Waals surface area contributed by atoms with E-state index in [1.54, 1.807) is 24.3 Å². The number of rotatable bonds is 1. The van der Waals surface area contributed by atoms with E-state index < -0.39 is 16.9 Å². The molecule has 0 amide bonds. The molecule has 0 saturated carbocycles. The number of hydrogen-bond acceptors (Lipinski definition) is 5. The minimum absolute atomic E-state index is 0.164. The Morgan fingerprint density at radius 2 is 1.64 bits per heavy atom. The molecule has 6 heteroatoms. The van der Waals surface area contributed by atoms with Gasteiger partial charge in [-0.25, -0.2) is 9.59 Å². The molecule has 0 bridgehead atoms. The maximum Gasteiger partial charge on any atom is 0.353 e. The lowest BCUT2D eigenvalue weighted by Crippen LogP contribution is -2.21. The highest BCUT2D eigenvalue weighted by molar-refractivity contribution is 6.27. The van der Waals surface area contributed by atoms with Gasteiger partial charge < -0.3 is 4.74 Å². The summed E-state index contributed by atoms with van der Waals surface area (Å²) in [6, 6.07) is 11.7. The van der Waals surface area contributed by atoms with E-state index in [0.29, 0.717) is 10.8 Å². The highest BCUT2D eigenvalue weighted by atomic mass is 16.6. The van der Waals surface area contributed by atoms with Gasteiger partial charge in [0, 0.05) is 11.5 Å². The van der Waals surface area contributed by atoms with Crippen molar-refractivity contribution < 1.29 is 19.2 Å². The van der Waals surface area contributed by atoms with Crippen molar-refractivity contribution in [1.29, 1.82) is 0 Å². The molecule has 4 rings (SSSR count). The van der Waals surface area contributed by atoms with E-state index in [9.17, 15) is 19.7 Å². The quantitative estimate of drug-likeness (QED) is 0.226. The van der Waals surface area contributed by atoms with E-state index in [1.807, 2.05) is 12.1 Å². The molecule has 0 atom stereocenters. The Kier molecular flexibility index (Phi) is 2.33. The number of nitro groups is 1. The number of ether oxygens (including phenoxy) is 1. The summed E-state index contributed by atoms with van der Waals surface area (Å²) in [7, 11) is 0. The molecule has 1 aliphatic heterocycles. The Balaban J connectivity index is 2.32. The number of hydrogen-bond donors (Lipinski definition) is 0. The number of benzene rings is 3. The van der Waals surface area contributed by atoms with Gasteiger partial charge in [-0.1, -0.05) is 24.3 Å². The van der Waals surface area contributed by atoms with Gasteiger partial charge in [0.05, 0.1) is 10.5 Å². The van der Waals surface area contributed by atoms with Gasteiger partial charge in [-0.3, -0.25) is 10.1 Å². The first kappa shape index (κ1) is 12.5. The van der Waals surface area contributed by atoms with Crippen LogP contribution in [0.3, 0.4) is 0 Å². The van der Waals surface area contributed by atoms with Crippen molar-refractivity contribution in [3.05, 3.63) is 63.7 Å². The van der Waals surface area contributed by atoms with E-state index in [-0.39, 0.29) is 22.2 Å². The van der Waals surface area contributed by atoms with E-state index in [4.69, 9.17) is 4.74 Å². The molecule has 0 radical (unpaired) electrons. The van der Waals surface area contributed by atoms with Crippen molar-refractivity contribution in [2.24, 2.45) is 0 Å². The van der Waals surface area contributed by atoms with E-state index in [2.05, 4.69) is 0 Å². The van der Waals surface area contributed by atoms with Crippen molar-refractivity contribution in [1.82, 2.24) is 0 Å². The third-order valence-corrected chi connectivity index (χ3v) is 3.80. The van der Waals surface area contributed by atoms with Gasteiger partial charge in [0.15, 0.2) is 0 Å². The number of cyclic esters (lactones) is 2. The number of carbonyl (C=O) groups is 2. The molecule has 1 heterocycles. The van der Waals surface area contributed by atoms with Crippen LogP contribution in [0.2, 0.25) is 0 Å². The zero-order chi connectivity index (χ0) is 15.4. The molecule has 106 valence electrons. The average molecular weight is 293 g/mol. The summed E-state index contributed by atoms with van der Waals surface area (Å²) in [5, 5.41) is 13.5. The van der Waals surface area contributed by atoms with E-state index in [1.165, 1.54) is 6.07 Å². The van der Waals surface area contributed by atoms with Gasteiger partial charge in [0.2, 0.25) is 0 Å². The third-order valence-electron chi connectivity index (χ3n) is 3.80. The molecular weight excluding hydrogens is 286 g/mol. The normalized spacial score (nSPS) is 13.5. The zero-order valence-corrected chi connectivity index (χ0v) is 11.0. The molecule has 0 unspecified atom stereocenters. The molecule has 1 aliphatic rings. The largest absolute Gasteiger partial charge is 0.385 e. The van der Waals surface area contributed by atoms with Crippen LogP contribution in [-0.2, 0) is 4.74 Å². The second-order valence-corrected chi connectivity index (χ2v) is 4.96. The van der Waals surface area contributed by atoms with Crippen molar-refractivity contribution >= 4 is 39.2 Å². The van der Waals surface area contributed by atoms with Crippen LogP contribution in [0.15, 0.2) is 42.5 Å². The van der Waals surface area contributed by atoms with Crippen LogP contribution >= 0.6 is 0 Å². The van der Waals surface area contributed by atoms with E-state index in [0.717, 1.165) is 5.39 Å². The Bertz CT molecular complexity index is 1020. The van der Waals surface area contributed by atoms with Crippen molar-refractivity contribution in [2.45, 2.75) is 0 Å². The van der Waals surface area contributed by atoms with Crippen LogP contribution in [-0.4, -0.2) is 16.9 Å². The van der Waals surface area contributed by atoms with Gasteiger partial charge in [0.1, 0.15) is 5.56 Å². The number of carbonyl (C=O) groups excluding carboxylic acids is 2. The minimum Gasteiger partial charge on any atom is -0.385 e. The molecule has 3 aromatic rings. The molecular formula is C16H7NO5. The Hall–Kier alpha value is -3.28. The maximum absolute atomic E-state index is 12.2.